The summed E-state index contributed by atoms with van der Waals surface area (Å²) in [4.78, 5) is 22.1. The van der Waals surface area contributed by atoms with Crippen molar-refractivity contribution in [3.63, 3.8) is 0 Å². The summed E-state index contributed by atoms with van der Waals surface area (Å²) >= 11 is 0. The molecule has 0 aromatic heterocycles. The maximum absolute atomic E-state index is 11.2. The summed E-state index contributed by atoms with van der Waals surface area (Å²) in [5.41, 5.74) is 1.01. The highest BCUT2D eigenvalue weighted by molar-refractivity contribution is 5.83. The molecule has 1 rings (SSSR count). The van der Waals surface area contributed by atoms with Crippen LogP contribution in [0.4, 0.5) is 4.79 Å². The molecule has 1 aromatic carbocycles. The summed E-state index contributed by atoms with van der Waals surface area (Å²) in [7, 11) is 1.52. The van der Waals surface area contributed by atoms with Gasteiger partial charge in [0.15, 0.2) is 0 Å². The third kappa shape index (κ3) is 4.45. The monoisotopic (exact) mass is 221 g/mol. The number of amides is 3. The first-order chi connectivity index (χ1) is 7.72. The lowest BCUT2D eigenvalue weighted by Gasteiger charge is -2.06. The Balaban J connectivity index is 2.23. The topological polar surface area (TPSA) is 70.2 Å². The first-order valence-corrected chi connectivity index (χ1v) is 4.98. The Bertz CT molecular complexity index is 352. The van der Waals surface area contributed by atoms with Gasteiger partial charge in [-0.15, -0.1) is 0 Å². The Morgan fingerprint density at radius 3 is 2.44 bits per heavy atom. The minimum absolute atomic E-state index is 0.0167. The number of carbonyl (C=O) groups excluding carboxylic acids is 2. The van der Waals surface area contributed by atoms with Gasteiger partial charge in [0.05, 0.1) is 6.54 Å². The van der Waals surface area contributed by atoms with Crippen molar-refractivity contribution in [1.29, 1.82) is 0 Å². The van der Waals surface area contributed by atoms with E-state index in [1.807, 2.05) is 30.3 Å². The fourth-order valence-electron chi connectivity index (χ4n) is 1.09. The molecule has 0 aliphatic rings. The number of hydrogen-bond acceptors (Lipinski definition) is 2. The number of benzene rings is 1. The average Bonchev–Trinajstić information content (AvgIpc) is 2.34. The standard InChI is InChI=1S/C11H15N3O2/c1-12-10(15)8-14-11(16)13-7-9-5-3-2-4-6-9/h2-6H,7-8H2,1H3,(H,12,15)(H2,13,14,16). The maximum atomic E-state index is 11.2. The van der Waals surface area contributed by atoms with Crippen molar-refractivity contribution in [2.45, 2.75) is 6.54 Å². The summed E-state index contributed by atoms with van der Waals surface area (Å²) < 4.78 is 0. The number of likely N-dealkylation sites (N-methyl/N-ethyl adjacent to an activating group) is 1. The zero-order chi connectivity index (χ0) is 11.8. The Morgan fingerprint density at radius 1 is 1.12 bits per heavy atom. The number of hydrogen-bond donors (Lipinski definition) is 3. The van der Waals surface area contributed by atoms with E-state index in [1.165, 1.54) is 7.05 Å². The Morgan fingerprint density at radius 2 is 1.81 bits per heavy atom. The van der Waals surface area contributed by atoms with Gasteiger partial charge in [0.1, 0.15) is 0 Å². The Kier molecular flexibility index (Phi) is 4.85. The van der Waals surface area contributed by atoms with Crippen molar-refractivity contribution in [2.24, 2.45) is 0 Å². The summed E-state index contributed by atoms with van der Waals surface area (Å²) in [6, 6.07) is 9.19. The van der Waals surface area contributed by atoms with Gasteiger partial charge in [-0.05, 0) is 5.56 Å². The molecule has 0 heterocycles. The molecular formula is C11H15N3O2. The molecule has 5 nitrogen and oxygen atoms in total. The molecule has 3 N–H and O–H groups in total. The van der Waals surface area contributed by atoms with Gasteiger partial charge in [-0.25, -0.2) is 4.79 Å². The van der Waals surface area contributed by atoms with E-state index >= 15 is 0 Å². The van der Waals surface area contributed by atoms with Crippen molar-refractivity contribution in [1.82, 2.24) is 16.0 Å². The van der Waals surface area contributed by atoms with E-state index in [9.17, 15) is 9.59 Å². The van der Waals surface area contributed by atoms with E-state index in [0.717, 1.165) is 5.56 Å². The van der Waals surface area contributed by atoms with Crippen LogP contribution < -0.4 is 16.0 Å². The molecule has 0 saturated carbocycles. The lowest BCUT2D eigenvalue weighted by atomic mass is 10.2. The number of urea groups is 1. The molecule has 86 valence electrons. The Labute approximate surface area is 94.2 Å². The molecule has 0 radical (unpaired) electrons. The van der Waals surface area contributed by atoms with Crippen LogP contribution in [0.15, 0.2) is 30.3 Å². The van der Waals surface area contributed by atoms with Crippen molar-refractivity contribution < 1.29 is 9.59 Å². The number of nitrogens with one attached hydrogen (secondary N) is 3. The van der Waals surface area contributed by atoms with Gasteiger partial charge >= 0.3 is 6.03 Å². The lowest BCUT2D eigenvalue weighted by molar-refractivity contribution is -0.119. The molecule has 0 aliphatic carbocycles. The second-order valence-corrected chi connectivity index (χ2v) is 3.20. The number of carbonyl (C=O) groups is 2. The quantitative estimate of drug-likeness (QED) is 0.681. The van der Waals surface area contributed by atoms with Crippen molar-refractivity contribution in [3.05, 3.63) is 35.9 Å². The van der Waals surface area contributed by atoms with E-state index in [-0.39, 0.29) is 18.5 Å². The van der Waals surface area contributed by atoms with Crippen LogP contribution in [0.25, 0.3) is 0 Å². The normalized spacial score (nSPS) is 9.31. The van der Waals surface area contributed by atoms with E-state index in [2.05, 4.69) is 16.0 Å². The fourth-order valence-corrected chi connectivity index (χ4v) is 1.09. The van der Waals surface area contributed by atoms with Gasteiger partial charge < -0.3 is 16.0 Å². The highest BCUT2D eigenvalue weighted by Crippen LogP contribution is 1.96. The summed E-state index contributed by atoms with van der Waals surface area (Å²) in [5, 5.41) is 7.50. The third-order valence-electron chi connectivity index (χ3n) is 1.98. The second kappa shape index (κ2) is 6.44. The van der Waals surface area contributed by atoms with E-state index in [1.54, 1.807) is 0 Å². The van der Waals surface area contributed by atoms with Crippen LogP contribution in [0.3, 0.4) is 0 Å². The predicted octanol–water partition coefficient (Wildman–Crippen LogP) is 0.232. The van der Waals surface area contributed by atoms with Gasteiger partial charge in [-0.1, -0.05) is 30.3 Å². The molecular weight excluding hydrogens is 206 g/mol. The van der Waals surface area contributed by atoms with Crippen LogP contribution in [-0.4, -0.2) is 25.5 Å². The van der Waals surface area contributed by atoms with Crippen LogP contribution in [0.1, 0.15) is 5.56 Å². The largest absolute Gasteiger partial charge is 0.358 e. The molecule has 0 atom stereocenters. The SMILES string of the molecule is CNC(=O)CNC(=O)NCc1ccccc1. The maximum Gasteiger partial charge on any atom is 0.315 e. The van der Waals surface area contributed by atoms with Crippen molar-refractivity contribution in [2.75, 3.05) is 13.6 Å². The highest BCUT2D eigenvalue weighted by Gasteiger charge is 2.02. The smallest absolute Gasteiger partial charge is 0.315 e. The third-order valence-corrected chi connectivity index (χ3v) is 1.98. The van der Waals surface area contributed by atoms with E-state index in [0.29, 0.717) is 6.54 Å². The van der Waals surface area contributed by atoms with Gasteiger partial charge in [0.2, 0.25) is 5.91 Å². The van der Waals surface area contributed by atoms with Crippen LogP contribution in [0, 0.1) is 0 Å². The first-order valence-electron chi connectivity index (χ1n) is 4.98. The second-order valence-electron chi connectivity index (χ2n) is 3.20. The van der Waals surface area contributed by atoms with Gasteiger partial charge in [-0.3, -0.25) is 4.79 Å². The zero-order valence-corrected chi connectivity index (χ0v) is 9.12. The number of rotatable bonds is 4. The molecule has 0 aliphatic heterocycles. The van der Waals surface area contributed by atoms with Crippen LogP contribution >= 0.6 is 0 Å². The summed E-state index contributed by atoms with van der Waals surface area (Å²) in [6.07, 6.45) is 0. The lowest BCUT2D eigenvalue weighted by Crippen LogP contribution is -2.40. The van der Waals surface area contributed by atoms with Gasteiger partial charge in [0.25, 0.3) is 0 Å². The minimum atomic E-state index is -0.354. The average molecular weight is 221 g/mol. The summed E-state index contributed by atoms with van der Waals surface area (Å²) in [5.74, 6) is -0.227. The van der Waals surface area contributed by atoms with Crippen LogP contribution in [0.2, 0.25) is 0 Å². The van der Waals surface area contributed by atoms with E-state index < -0.39 is 0 Å². The molecule has 0 unspecified atom stereocenters. The van der Waals surface area contributed by atoms with Gasteiger partial charge in [-0.2, -0.15) is 0 Å². The molecule has 0 spiro atoms. The fraction of sp³-hybridized carbons (Fsp3) is 0.273. The molecule has 5 heteroatoms. The Hall–Kier alpha value is -2.04. The van der Waals surface area contributed by atoms with E-state index in [4.69, 9.17) is 0 Å². The van der Waals surface area contributed by atoms with Crippen LogP contribution in [-0.2, 0) is 11.3 Å². The predicted molar refractivity (Wildman–Crippen MR) is 60.7 cm³/mol. The summed E-state index contributed by atoms with van der Waals surface area (Å²) in [6.45, 7) is 0.428. The first kappa shape index (κ1) is 12.0. The van der Waals surface area contributed by atoms with Crippen molar-refractivity contribution in [3.8, 4) is 0 Å². The molecule has 16 heavy (non-hydrogen) atoms. The molecule has 0 bridgehead atoms. The minimum Gasteiger partial charge on any atom is -0.358 e. The van der Waals surface area contributed by atoms with Crippen molar-refractivity contribution >= 4 is 11.9 Å². The highest BCUT2D eigenvalue weighted by atomic mass is 16.2. The molecule has 0 saturated heterocycles. The van der Waals surface area contributed by atoms with Crippen LogP contribution in [0.5, 0.6) is 0 Å². The molecule has 1 aromatic rings. The van der Waals surface area contributed by atoms with Gasteiger partial charge in [0, 0.05) is 13.6 Å². The molecule has 3 amide bonds. The zero-order valence-electron chi connectivity index (χ0n) is 9.12. The molecule has 0 fully saturated rings.